The van der Waals surface area contributed by atoms with Crippen LogP contribution in [-0.4, -0.2) is 168 Å². The van der Waals surface area contributed by atoms with Crippen molar-refractivity contribution in [2.45, 2.75) is 71.9 Å². The molecule has 678 valence electrons. The SMILES string of the molecule is CCOC(=O)NC(=O)c1c(C)csc1NC(=O)c1ccc2scnc2c1.CCOC(=O)NC(=O)c1ccsc1NC(=O)C1CCC(C(F)(F)F)C1.CCOC(=O)NC(=O)c1ccsc1NC(=O)c1cc(=O)[nH]cn1.CCOC(=O)NC(=O)c1ccsc1NC(=O)c1ccc(S(C)(=O)=O)c([N+](=O)[O-])c1.CCOC(=O)NC(=O)c1ccsc1NC(=O)c1ccc2cnccc2c1. The smallest absolute Gasteiger partial charge is 0.414 e. The number of amides is 15. The predicted octanol–water partition coefficient (Wildman–Crippen LogP) is 14.0. The number of carbonyl (C=O) groups excluding carboxylic acids is 15. The summed E-state index contributed by atoms with van der Waals surface area (Å²) in [4.78, 5) is 214. The molecular formula is C79H74F3N15O25S7. The van der Waals surface area contributed by atoms with Gasteiger partial charge in [-0.3, -0.25) is 94.4 Å². The number of thiophene rings is 5. The van der Waals surface area contributed by atoms with E-state index in [1.807, 2.05) is 28.1 Å². The third-order valence-electron chi connectivity index (χ3n) is 16.9. The van der Waals surface area contributed by atoms with Gasteiger partial charge in [-0.15, -0.1) is 68.0 Å². The first kappa shape index (κ1) is 99.9. The molecule has 11 aromatic rings. The number of fused-ring (bicyclic) bond motifs is 2. The van der Waals surface area contributed by atoms with E-state index in [-0.39, 0.29) is 118 Å². The van der Waals surface area contributed by atoms with E-state index in [2.05, 4.69) is 76.1 Å². The molecule has 2 unspecified atom stereocenters. The Hall–Kier alpha value is -14.5. The molecular weight excluding hydrogens is 1840 g/mol. The van der Waals surface area contributed by atoms with Crippen molar-refractivity contribution in [3.63, 3.8) is 0 Å². The predicted molar refractivity (Wildman–Crippen MR) is 469 cm³/mol. The number of nitrogens with one attached hydrogen (secondary N) is 11. The molecule has 1 aliphatic carbocycles. The van der Waals surface area contributed by atoms with Crippen molar-refractivity contribution in [1.82, 2.24) is 46.5 Å². The van der Waals surface area contributed by atoms with Gasteiger partial charge in [0.2, 0.25) is 5.91 Å². The van der Waals surface area contributed by atoms with E-state index in [9.17, 15) is 108 Å². The number of alkyl halides is 3. The summed E-state index contributed by atoms with van der Waals surface area (Å²) in [5, 5.41) is 45.3. The van der Waals surface area contributed by atoms with Gasteiger partial charge in [0.1, 0.15) is 35.6 Å². The summed E-state index contributed by atoms with van der Waals surface area (Å²) < 4.78 is 85.6. The topological polar surface area (TPSA) is 571 Å². The molecule has 3 aromatic carbocycles. The third-order valence-corrected chi connectivity index (χ3v) is 23.2. The minimum Gasteiger partial charge on any atom is -0.450 e. The number of carbonyl (C=O) groups is 15. The molecule has 1 saturated carbocycles. The molecule has 8 heterocycles. The number of alkyl carbamates (subject to hydrolysis) is 5. The average molecular weight is 1920 g/mol. The largest absolute Gasteiger partial charge is 0.450 e. The lowest BCUT2D eigenvalue weighted by Gasteiger charge is -2.14. The monoisotopic (exact) mass is 1910 g/mol. The number of H-pyrrole nitrogens is 1. The van der Waals surface area contributed by atoms with Crippen LogP contribution >= 0.6 is 68.0 Å². The summed E-state index contributed by atoms with van der Waals surface area (Å²) >= 11 is 7.01. The number of sulfone groups is 1. The lowest BCUT2D eigenvalue weighted by atomic mass is 10.0. The van der Waals surface area contributed by atoms with Gasteiger partial charge < -0.3 is 55.3 Å². The van der Waals surface area contributed by atoms with E-state index in [0.29, 0.717) is 26.7 Å². The second-order valence-electron chi connectivity index (χ2n) is 25.7. The molecule has 12 rings (SSSR count). The standard InChI is InChI=1S/C18H15N3O4S.C17H15N3O4S2.C16H15N3O8S2.C15H17F3N2O4S.C13H12N4O5S/c1-2-25-18(24)21-16(23)14-6-8-26-17(14)20-15(22)12-3-4-13-10-19-7-5-11(13)9-12;1-3-24-17(23)20-15(22)13-9(2)7-25-16(13)19-14(21)10-4-5-12-11(6-10)18-8-26-12;1-3-27-16(22)18-14(21)10-6-7-28-15(10)17-13(20)9-4-5-12(29(2,25)26)11(8-9)19(23)24;1-2-24-14(23)20-12(22)10-5-6-25-13(10)19-11(21)8-3-4-9(7-8)15(16,17)18;1-2-22-13(21)17-10(19)7-3-4-23-12(7)16-11(20)8-5-9(18)15-6-14-8/h3-10H,2H2,1H3,(H,20,22)(H,21,23,24);4-8H,3H2,1-2H3,(H,19,21)(H,20,22,23);4-8H,3H2,1-2H3,(H,17,20)(H,18,21,22);5-6,8-9H,2-4,7H2,1H3,(H,19,21)(H,20,22,23);3-6H,2H2,1H3,(H,16,20)(H,14,15,18)(H,17,19,21). The van der Waals surface area contributed by atoms with Gasteiger partial charge in [0.25, 0.3) is 64.4 Å². The van der Waals surface area contributed by atoms with Gasteiger partial charge in [-0.2, -0.15) is 13.2 Å². The summed E-state index contributed by atoms with van der Waals surface area (Å²) in [5.41, 5.74) is 3.07. The number of imide groups is 5. The fourth-order valence-electron chi connectivity index (χ4n) is 11.0. The van der Waals surface area contributed by atoms with Crippen LogP contribution in [0.4, 0.5) is 67.8 Å². The van der Waals surface area contributed by atoms with Gasteiger partial charge in [0.15, 0.2) is 9.84 Å². The number of aromatic amines is 1. The lowest BCUT2D eigenvalue weighted by Crippen LogP contribution is -2.31. The highest BCUT2D eigenvalue weighted by Gasteiger charge is 2.46. The van der Waals surface area contributed by atoms with Crippen LogP contribution in [0.2, 0.25) is 0 Å². The summed E-state index contributed by atoms with van der Waals surface area (Å²) in [6.45, 7) is 10.4. The minimum atomic E-state index is -4.30. The van der Waals surface area contributed by atoms with Crippen LogP contribution in [0.1, 0.15) is 153 Å². The number of ether oxygens (including phenoxy) is 5. The number of rotatable bonds is 22. The number of nitro benzene ring substituents is 1. The summed E-state index contributed by atoms with van der Waals surface area (Å²) in [6.07, 6.45) is -3.62. The summed E-state index contributed by atoms with van der Waals surface area (Å²) in [5.74, 6) is -8.47. The van der Waals surface area contributed by atoms with Gasteiger partial charge in [0.05, 0.1) is 93.7 Å². The maximum atomic E-state index is 12.7. The van der Waals surface area contributed by atoms with Gasteiger partial charge in [-0.1, -0.05) is 6.07 Å². The van der Waals surface area contributed by atoms with E-state index < -0.39 is 127 Å². The molecule has 2 atom stereocenters. The van der Waals surface area contributed by atoms with Crippen LogP contribution in [0, 0.1) is 28.9 Å². The number of thiazole rings is 1. The maximum Gasteiger partial charge on any atom is 0.414 e. The molecule has 0 radical (unpaired) electrons. The highest BCUT2D eigenvalue weighted by molar-refractivity contribution is 7.90. The van der Waals surface area contributed by atoms with Crippen LogP contribution in [0.3, 0.4) is 0 Å². The fourth-order valence-corrected chi connectivity index (χ4v) is 16.6. The lowest BCUT2D eigenvalue weighted by molar-refractivity contribution is -0.387. The zero-order chi connectivity index (χ0) is 94.4. The molecule has 15 amide bonds. The van der Waals surface area contributed by atoms with Crippen LogP contribution in [0.5, 0.6) is 0 Å². The number of nitro groups is 1. The molecule has 0 bridgehead atoms. The number of pyridine rings is 1. The quantitative estimate of drug-likeness (QED) is 0.0170. The first-order chi connectivity index (χ1) is 61.3. The number of halogens is 3. The second kappa shape index (κ2) is 47.2. The highest BCUT2D eigenvalue weighted by Crippen LogP contribution is 2.43. The summed E-state index contributed by atoms with van der Waals surface area (Å²) in [7, 11) is -3.87. The van der Waals surface area contributed by atoms with Gasteiger partial charge in [0, 0.05) is 58.8 Å². The van der Waals surface area contributed by atoms with E-state index in [1.165, 1.54) is 69.0 Å². The molecule has 0 saturated heterocycles. The molecule has 0 aliphatic heterocycles. The summed E-state index contributed by atoms with van der Waals surface area (Å²) in [6, 6.07) is 22.0. The minimum absolute atomic E-state index is 0.0151. The zero-order valence-electron chi connectivity index (χ0n) is 68.2. The van der Waals surface area contributed by atoms with Crippen molar-refractivity contribution in [2.24, 2.45) is 11.8 Å². The van der Waals surface area contributed by atoms with Gasteiger partial charge in [-0.05, 0) is 171 Å². The van der Waals surface area contributed by atoms with Gasteiger partial charge in [-0.25, -0.2) is 42.4 Å². The number of aromatic nitrogens is 4. The van der Waals surface area contributed by atoms with Crippen molar-refractivity contribution in [3.8, 4) is 0 Å². The molecule has 0 spiro atoms. The van der Waals surface area contributed by atoms with Crippen LogP contribution in [-0.2, 0) is 38.3 Å². The number of hydrogen-bond donors (Lipinski definition) is 11. The Kier molecular flexibility index (Phi) is 36.6. The third kappa shape index (κ3) is 29.0. The van der Waals surface area contributed by atoms with Crippen LogP contribution in [0.15, 0.2) is 152 Å². The van der Waals surface area contributed by atoms with E-state index in [0.717, 1.165) is 91.8 Å². The Morgan fingerprint density at radius 3 is 1.39 bits per heavy atom. The number of nitrogens with zero attached hydrogens (tertiary/aromatic N) is 4. The average Bonchev–Trinajstić information content (AvgIpc) is 1.54. The molecule has 1 aliphatic rings. The number of benzene rings is 3. The van der Waals surface area contributed by atoms with Crippen molar-refractivity contribution in [1.29, 1.82) is 0 Å². The second-order valence-corrected chi connectivity index (χ2v) is 33.1. The first-order valence-corrected chi connectivity index (χ1v) is 44.6. The number of aryl methyl sites for hydroxylation is 1. The number of anilines is 5. The van der Waals surface area contributed by atoms with Crippen molar-refractivity contribution in [3.05, 3.63) is 218 Å². The normalized spacial score (nSPS) is 12.3. The van der Waals surface area contributed by atoms with E-state index >= 15 is 0 Å². The fraction of sp³-hybridized carbons (Fsp3) is 0.228. The molecule has 40 nitrogen and oxygen atoms in total. The molecule has 11 N–H and O–H groups in total. The first-order valence-electron chi connectivity index (χ1n) is 37.5. The zero-order valence-corrected chi connectivity index (χ0v) is 73.9. The maximum absolute atomic E-state index is 12.7. The number of hydrogen-bond acceptors (Lipinski definition) is 34. The van der Waals surface area contributed by atoms with Crippen LogP contribution < -0.4 is 58.7 Å². The Morgan fingerprint density at radius 2 is 0.938 bits per heavy atom. The Balaban J connectivity index is 0.000000199. The Morgan fingerprint density at radius 1 is 0.504 bits per heavy atom. The van der Waals surface area contributed by atoms with Crippen molar-refractivity contribution < 1.29 is 122 Å². The van der Waals surface area contributed by atoms with Crippen molar-refractivity contribution >= 4 is 219 Å². The highest BCUT2D eigenvalue weighted by atomic mass is 32.2. The van der Waals surface area contributed by atoms with Gasteiger partial charge >= 0.3 is 36.6 Å². The Labute approximate surface area is 750 Å². The molecule has 8 aromatic heterocycles. The van der Waals surface area contributed by atoms with E-state index in [1.54, 1.807) is 106 Å². The van der Waals surface area contributed by atoms with E-state index in [4.69, 9.17) is 4.74 Å². The molecule has 50 heteroatoms. The Bertz CT molecular complexity index is 6240. The molecule has 1 fully saturated rings. The molecule has 129 heavy (non-hydrogen) atoms. The van der Waals surface area contributed by atoms with Crippen molar-refractivity contribution in [2.75, 3.05) is 65.9 Å². The van der Waals surface area contributed by atoms with Crippen LogP contribution in [0.25, 0.3) is 21.0 Å².